The molecule has 0 aliphatic rings. The first-order chi connectivity index (χ1) is 12.8. The Hall–Kier alpha value is -2.44. The van der Waals surface area contributed by atoms with Gasteiger partial charge < -0.3 is 19.7 Å². The monoisotopic (exact) mass is 410 g/mol. The minimum atomic E-state index is -0.370. The number of nitrogens with one attached hydrogen (secondary N) is 1. The highest BCUT2D eigenvalue weighted by atomic mass is 35.5. The number of carbonyl (C=O) groups excluding carboxylic acids is 2. The van der Waals surface area contributed by atoms with E-state index >= 15 is 0 Å². The van der Waals surface area contributed by atoms with E-state index in [9.17, 15) is 9.59 Å². The van der Waals surface area contributed by atoms with Crippen LogP contribution in [0.4, 0.5) is 5.69 Å². The van der Waals surface area contributed by atoms with Crippen molar-refractivity contribution in [1.82, 2.24) is 4.90 Å². The third-order valence-electron chi connectivity index (χ3n) is 3.83. The summed E-state index contributed by atoms with van der Waals surface area (Å²) in [5.74, 6) is 0.112. The maximum atomic E-state index is 12.6. The Bertz CT molecular complexity index is 849. The summed E-state index contributed by atoms with van der Waals surface area (Å²) in [7, 11) is 6.18. The van der Waals surface area contributed by atoms with E-state index < -0.39 is 0 Å². The summed E-state index contributed by atoms with van der Waals surface area (Å²) in [6.45, 7) is 0. The molecule has 0 heterocycles. The number of anilines is 1. The first kappa shape index (κ1) is 20.9. The second-order valence-corrected chi connectivity index (χ2v) is 6.69. The lowest BCUT2D eigenvalue weighted by Gasteiger charge is -2.18. The van der Waals surface area contributed by atoms with Crippen LogP contribution in [0.2, 0.25) is 10.0 Å². The van der Waals surface area contributed by atoms with Gasteiger partial charge >= 0.3 is 0 Å². The van der Waals surface area contributed by atoms with E-state index in [2.05, 4.69) is 5.32 Å². The first-order valence-electron chi connectivity index (χ1n) is 7.98. The van der Waals surface area contributed by atoms with Crippen molar-refractivity contribution in [3.05, 3.63) is 51.5 Å². The van der Waals surface area contributed by atoms with Gasteiger partial charge in [-0.1, -0.05) is 29.3 Å². The molecule has 27 heavy (non-hydrogen) atoms. The Kier molecular flexibility index (Phi) is 6.93. The Morgan fingerprint density at radius 3 is 2.11 bits per heavy atom. The maximum absolute atomic E-state index is 12.6. The van der Waals surface area contributed by atoms with Crippen LogP contribution in [0.25, 0.3) is 0 Å². The molecule has 0 bridgehead atoms. The number of hydrogen-bond acceptors (Lipinski definition) is 4. The van der Waals surface area contributed by atoms with Crippen LogP contribution in [0.3, 0.4) is 0 Å². The molecule has 0 aliphatic carbocycles. The van der Waals surface area contributed by atoms with E-state index in [-0.39, 0.29) is 23.8 Å². The van der Waals surface area contributed by atoms with Crippen LogP contribution in [0, 0.1) is 0 Å². The number of halogens is 2. The van der Waals surface area contributed by atoms with E-state index in [4.69, 9.17) is 32.7 Å². The molecule has 0 saturated carbocycles. The number of rotatable bonds is 6. The van der Waals surface area contributed by atoms with E-state index in [1.165, 1.54) is 25.2 Å². The molecule has 8 heteroatoms. The van der Waals surface area contributed by atoms with Gasteiger partial charge in [0, 0.05) is 30.2 Å². The predicted octanol–water partition coefficient (Wildman–Crippen LogP) is 3.89. The van der Waals surface area contributed by atoms with Gasteiger partial charge in [-0.2, -0.15) is 0 Å². The molecule has 0 aliphatic heterocycles. The number of hydrogen-bond donors (Lipinski definition) is 1. The number of carbonyl (C=O) groups is 2. The third kappa shape index (κ3) is 4.84. The standard InChI is InChI=1S/C19H20Cl2N2O4/c1-23(2)19(25)12-8-16(26-3)17(27-4)10-15(12)22-18(24)9-11-13(20)6-5-7-14(11)21/h5-8,10H,9H2,1-4H3,(H,22,24). The van der Waals surface area contributed by atoms with Gasteiger partial charge in [0.05, 0.1) is 31.9 Å². The van der Waals surface area contributed by atoms with Gasteiger partial charge in [0.25, 0.3) is 5.91 Å². The zero-order chi connectivity index (χ0) is 20.1. The van der Waals surface area contributed by atoms with Gasteiger partial charge in [0.15, 0.2) is 11.5 Å². The summed E-state index contributed by atoms with van der Waals surface area (Å²) in [5.41, 5.74) is 1.09. The number of nitrogens with zero attached hydrogens (tertiary/aromatic N) is 1. The molecule has 2 amide bonds. The smallest absolute Gasteiger partial charge is 0.255 e. The second kappa shape index (κ2) is 8.97. The van der Waals surface area contributed by atoms with E-state index in [0.717, 1.165) is 0 Å². The van der Waals surface area contributed by atoms with Crippen molar-refractivity contribution in [2.45, 2.75) is 6.42 Å². The van der Waals surface area contributed by atoms with Crippen LogP contribution >= 0.6 is 23.2 Å². The van der Waals surface area contributed by atoms with Crippen LogP contribution in [0.1, 0.15) is 15.9 Å². The average Bonchev–Trinajstić information content (AvgIpc) is 2.63. The fraction of sp³-hybridized carbons (Fsp3) is 0.263. The number of methoxy groups -OCH3 is 2. The zero-order valence-electron chi connectivity index (χ0n) is 15.4. The molecule has 0 aromatic heterocycles. The summed E-state index contributed by atoms with van der Waals surface area (Å²) < 4.78 is 10.5. The van der Waals surface area contributed by atoms with Gasteiger partial charge in [-0.15, -0.1) is 0 Å². The Labute approximate surface area is 168 Å². The highest BCUT2D eigenvalue weighted by Gasteiger charge is 2.20. The summed E-state index contributed by atoms with van der Waals surface area (Å²) >= 11 is 12.3. The molecular formula is C19H20Cl2N2O4. The minimum Gasteiger partial charge on any atom is -0.493 e. The van der Waals surface area contributed by atoms with E-state index in [0.29, 0.717) is 32.8 Å². The van der Waals surface area contributed by atoms with Crippen molar-refractivity contribution in [2.24, 2.45) is 0 Å². The van der Waals surface area contributed by atoms with Crippen LogP contribution in [0.5, 0.6) is 11.5 Å². The molecule has 144 valence electrons. The fourth-order valence-electron chi connectivity index (χ4n) is 2.46. The maximum Gasteiger partial charge on any atom is 0.255 e. The van der Waals surface area contributed by atoms with Crippen LogP contribution in [-0.4, -0.2) is 45.0 Å². The molecule has 2 aromatic rings. The van der Waals surface area contributed by atoms with Crippen LogP contribution in [0.15, 0.2) is 30.3 Å². The molecule has 6 nitrogen and oxygen atoms in total. The lowest BCUT2D eigenvalue weighted by molar-refractivity contribution is -0.115. The normalized spacial score (nSPS) is 10.3. The quantitative estimate of drug-likeness (QED) is 0.783. The van der Waals surface area contributed by atoms with Crippen molar-refractivity contribution in [3.8, 4) is 11.5 Å². The summed E-state index contributed by atoms with van der Waals surface area (Å²) in [6, 6.07) is 8.09. The Morgan fingerprint density at radius 2 is 1.59 bits per heavy atom. The molecule has 2 aromatic carbocycles. The molecule has 0 radical (unpaired) electrons. The molecule has 2 rings (SSSR count). The zero-order valence-corrected chi connectivity index (χ0v) is 16.9. The summed E-state index contributed by atoms with van der Waals surface area (Å²) in [6.07, 6.45) is -0.0392. The van der Waals surface area contributed by atoms with Crippen LogP contribution < -0.4 is 14.8 Å². The largest absolute Gasteiger partial charge is 0.493 e. The van der Waals surface area contributed by atoms with Crippen molar-refractivity contribution in [3.63, 3.8) is 0 Å². The van der Waals surface area contributed by atoms with Crippen molar-refractivity contribution < 1.29 is 19.1 Å². The summed E-state index contributed by atoms with van der Waals surface area (Å²) in [4.78, 5) is 26.5. The lowest BCUT2D eigenvalue weighted by atomic mass is 10.1. The number of ether oxygens (including phenoxy) is 2. The Balaban J connectivity index is 2.38. The Morgan fingerprint density at radius 1 is 1.04 bits per heavy atom. The van der Waals surface area contributed by atoms with Gasteiger partial charge in [0.2, 0.25) is 5.91 Å². The first-order valence-corrected chi connectivity index (χ1v) is 8.74. The van der Waals surface area contributed by atoms with Gasteiger partial charge in [-0.25, -0.2) is 0 Å². The van der Waals surface area contributed by atoms with Crippen molar-refractivity contribution in [1.29, 1.82) is 0 Å². The molecule has 0 atom stereocenters. The highest BCUT2D eigenvalue weighted by molar-refractivity contribution is 6.36. The second-order valence-electron chi connectivity index (χ2n) is 5.88. The topological polar surface area (TPSA) is 67.9 Å². The van der Waals surface area contributed by atoms with Crippen molar-refractivity contribution in [2.75, 3.05) is 33.6 Å². The fourth-order valence-corrected chi connectivity index (χ4v) is 2.99. The lowest BCUT2D eigenvalue weighted by Crippen LogP contribution is -2.24. The SMILES string of the molecule is COc1cc(NC(=O)Cc2c(Cl)cccc2Cl)c(C(=O)N(C)C)cc1OC. The molecule has 1 N–H and O–H groups in total. The molecule has 0 saturated heterocycles. The van der Waals surface area contributed by atoms with E-state index in [1.54, 1.807) is 38.4 Å². The predicted molar refractivity (Wildman–Crippen MR) is 106 cm³/mol. The van der Waals surface area contributed by atoms with Crippen LogP contribution in [-0.2, 0) is 11.2 Å². The van der Waals surface area contributed by atoms with E-state index in [1.807, 2.05) is 0 Å². The van der Waals surface area contributed by atoms with Crippen molar-refractivity contribution >= 4 is 40.7 Å². The summed E-state index contributed by atoms with van der Waals surface area (Å²) in [5, 5.41) is 3.53. The molecule has 0 spiro atoms. The highest BCUT2D eigenvalue weighted by Crippen LogP contribution is 2.34. The van der Waals surface area contributed by atoms with Gasteiger partial charge in [0.1, 0.15) is 0 Å². The molecule has 0 unspecified atom stereocenters. The minimum absolute atomic E-state index is 0.0392. The average molecular weight is 411 g/mol. The third-order valence-corrected chi connectivity index (χ3v) is 4.54. The van der Waals surface area contributed by atoms with Gasteiger partial charge in [-0.3, -0.25) is 9.59 Å². The molecular weight excluding hydrogens is 391 g/mol. The number of benzene rings is 2. The van der Waals surface area contributed by atoms with Gasteiger partial charge in [-0.05, 0) is 23.8 Å². The molecule has 0 fully saturated rings. The number of amides is 2.